The van der Waals surface area contributed by atoms with E-state index in [1.54, 1.807) is 0 Å². The summed E-state index contributed by atoms with van der Waals surface area (Å²) in [5, 5.41) is 9.18. The van der Waals surface area contributed by atoms with Crippen molar-refractivity contribution in [1.29, 1.82) is 0 Å². The predicted octanol–water partition coefficient (Wildman–Crippen LogP) is 1.45. The first-order valence-corrected chi connectivity index (χ1v) is 4.50. The third-order valence-electron chi connectivity index (χ3n) is 2.77. The van der Waals surface area contributed by atoms with Crippen LogP contribution < -0.4 is 0 Å². The molecule has 3 unspecified atom stereocenters. The fraction of sp³-hybridized carbons (Fsp3) is 0.800. The van der Waals surface area contributed by atoms with E-state index in [1.807, 2.05) is 6.92 Å². The van der Waals surface area contributed by atoms with E-state index in [0.717, 1.165) is 18.8 Å². The molecule has 3 atom stereocenters. The van der Waals surface area contributed by atoms with Crippen LogP contribution in [0.5, 0.6) is 0 Å². The van der Waals surface area contributed by atoms with Crippen LogP contribution in [0.15, 0.2) is 12.2 Å². The van der Waals surface area contributed by atoms with Gasteiger partial charge in [-0.15, -0.1) is 0 Å². The molecule has 0 spiro atoms. The van der Waals surface area contributed by atoms with E-state index in [4.69, 9.17) is 4.74 Å². The van der Waals surface area contributed by atoms with Gasteiger partial charge >= 0.3 is 0 Å². The van der Waals surface area contributed by atoms with Crippen LogP contribution in [0.4, 0.5) is 0 Å². The van der Waals surface area contributed by atoms with Gasteiger partial charge in [-0.25, -0.2) is 0 Å². The van der Waals surface area contributed by atoms with E-state index in [-0.39, 0.29) is 6.61 Å². The van der Waals surface area contributed by atoms with Gasteiger partial charge in [0.25, 0.3) is 0 Å². The van der Waals surface area contributed by atoms with Crippen LogP contribution in [-0.4, -0.2) is 24.9 Å². The molecule has 0 aromatic rings. The quantitative estimate of drug-likeness (QED) is 0.636. The van der Waals surface area contributed by atoms with Crippen molar-refractivity contribution in [2.75, 3.05) is 19.8 Å². The van der Waals surface area contributed by atoms with Crippen molar-refractivity contribution in [3.63, 3.8) is 0 Å². The lowest BCUT2D eigenvalue weighted by Gasteiger charge is -2.35. The normalized spacial score (nSPS) is 36.4. The van der Waals surface area contributed by atoms with E-state index in [0.29, 0.717) is 17.8 Å². The van der Waals surface area contributed by atoms with Crippen molar-refractivity contribution < 1.29 is 9.84 Å². The summed E-state index contributed by atoms with van der Waals surface area (Å²) in [7, 11) is 0. The Morgan fingerprint density at radius 2 is 2.25 bits per heavy atom. The monoisotopic (exact) mass is 170 g/mol. The largest absolute Gasteiger partial charge is 0.396 e. The molecule has 1 aliphatic heterocycles. The molecule has 2 nitrogen and oxygen atoms in total. The molecule has 1 fully saturated rings. The van der Waals surface area contributed by atoms with E-state index >= 15 is 0 Å². The van der Waals surface area contributed by atoms with Gasteiger partial charge in [-0.2, -0.15) is 0 Å². The summed E-state index contributed by atoms with van der Waals surface area (Å²) in [6, 6.07) is 0. The molecule has 0 aliphatic carbocycles. The number of rotatable bonds is 2. The first kappa shape index (κ1) is 9.75. The number of hydrogen-bond donors (Lipinski definition) is 1. The Hall–Kier alpha value is -0.340. The highest BCUT2D eigenvalue weighted by Gasteiger charge is 2.30. The molecule has 0 bridgehead atoms. The van der Waals surface area contributed by atoms with Crippen LogP contribution >= 0.6 is 0 Å². The summed E-state index contributed by atoms with van der Waals surface area (Å²) in [5.41, 5.74) is 1.13. The highest BCUT2D eigenvalue weighted by atomic mass is 16.5. The molecule has 0 amide bonds. The first-order chi connectivity index (χ1) is 5.66. The minimum Gasteiger partial charge on any atom is -0.396 e. The standard InChI is InChI=1S/C10H18O2/c1-7(2)10-6-12-5-8(3)9(10)4-11/h8-11H,1,4-6H2,2-3H3. The maximum absolute atomic E-state index is 9.18. The van der Waals surface area contributed by atoms with Crippen molar-refractivity contribution in [1.82, 2.24) is 0 Å². The third kappa shape index (κ3) is 1.87. The van der Waals surface area contributed by atoms with Crippen molar-refractivity contribution in [3.05, 3.63) is 12.2 Å². The summed E-state index contributed by atoms with van der Waals surface area (Å²) in [5.74, 6) is 1.14. The van der Waals surface area contributed by atoms with Gasteiger partial charge in [-0.1, -0.05) is 19.1 Å². The molecule has 0 aromatic carbocycles. The highest BCUT2D eigenvalue weighted by Crippen LogP contribution is 2.30. The van der Waals surface area contributed by atoms with Crippen molar-refractivity contribution in [3.8, 4) is 0 Å². The summed E-state index contributed by atoms with van der Waals surface area (Å²) in [6.07, 6.45) is 0. The molecule has 1 saturated heterocycles. The predicted molar refractivity (Wildman–Crippen MR) is 48.9 cm³/mol. The minimum absolute atomic E-state index is 0.252. The molecule has 1 rings (SSSR count). The van der Waals surface area contributed by atoms with Crippen LogP contribution in [0.3, 0.4) is 0 Å². The fourth-order valence-corrected chi connectivity index (χ4v) is 1.84. The number of ether oxygens (including phenoxy) is 1. The molecule has 1 N–H and O–H groups in total. The van der Waals surface area contributed by atoms with Crippen molar-refractivity contribution in [2.24, 2.45) is 17.8 Å². The molecular formula is C10H18O2. The number of aliphatic hydroxyl groups is 1. The van der Waals surface area contributed by atoms with Crippen LogP contribution in [0.25, 0.3) is 0 Å². The summed E-state index contributed by atoms with van der Waals surface area (Å²) in [6.45, 7) is 9.80. The second-order valence-electron chi connectivity index (χ2n) is 3.81. The maximum Gasteiger partial charge on any atom is 0.0535 e. The van der Waals surface area contributed by atoms with Gasteiger partial charge in [0.05, 0.1) is 6.61 Å². The molecule has 0 aromatic heterocycles. The molecule has 70 valence electrons. The van der Waals surface area contributed by atoms with E-state index in [1.165, 1.54) is 0 Å². The van der Waals surface area contributed by atoms with E-state index in [9.17, 15) is 5.11 Å². The van der Waals surface area contributed by atoms with Gasteiger partial charge in [-0.05, 0) is 18.8 Å². The van der Waals surface area contributed by atoms with Gasteiger partial charge in [0.1, 0.15) is 0 Å². The molecule has 0 radical (unpaired) electrons. The fourth-order valence-electron chi connectivity index (χ4n) is 1.84. The maximum atomic E-state index is 9.18. The van der Waals surface area contributed by atoms with Crippen molar-refractivity contribution in [2.45, 2.75) is 13.8 Å². The SMILES string of the molecule is C=C(C)C1COCC(C)C1CO. The first-order valence-electron chi connectivity index (χ1n) is 4.50. The topological polar surface area (TPSA) is 29.5 Å². The van der Waals surface area contributed by atoms with Crippen molar-refractivity contribution >= 4 is 0 Å². The van der Waals surface area contributed by atoms with Crippen LogP contribution in [0.1, 0.15) is 13.8 Å². The third-order valence-corrected chi connectivity index (χ3v) is 2.77. The molecule has 1 heterocycles. The average molecular weight is 170 g/mol. The van der Waals surface area contributed by atoms with Gasteiger partial charge < -0.3 is 9.84 Å². The van der Waals surface area contributed by atoms with E-state index < -0.39 is 0 Å². The molecule has 2 heteroatoms. The van der Waals surface area contributed by atoms with Gasteiger partial charge in [0.15, 0.2) is 0 Å². The van der Waals surface area contributed by atoms with E-state index in [2.05, 4.69) is 13.5 Å². The zero-order valence-electron chi connectivity index (χ0n) is 7.92. The lowest BCUT2D eigenvalue weighted by atomic mass is 9.79. The van der Waals surface area contributed by atoms with Gasteiger partial charge in [0.2, 0.25) is 0 Å². The lowest BCUT2D eigenvalue weighted by molar-refractivity contribution is -0.0285. The summed E-state index contributed by atoms with van der Waals surface area (Å²) < 4.78 is 5.42. The smallest absolute Gasteiger partial charge is 0.0535 e. The lowest BCUT2D eigenvalue weighted by Crippen LogP contribution is -2.36. The van der Waals surface area contributed by atoms with Crippen LogP contribution in [0.2, 0.25) is 0 Å². The number of hydrogen-bond acceptors (Lipinski definition) is 2. The Morgan fingerprint density at radius 1 is 1.58 bits per heavy atom. The second-order valence-corrected chi connectivity index (χ2v) is 3.81. The Labute approximate surface area is 74.2 Å². The minimum atomic E-state index is 0.252. The van der Waals surface area contributed by atoms with Gasteiger partial charge in [-0.3, -0.25) is 0 Å². The Morgan fingerprint density at radius 3 is 2.67 bits per heavy atom. The van der Waals surface area contributed by atoms with Gasteiger partial charge in [0, 0.05) is 19.1 Å². The second kappa shape index (κ2) is 4.06. The molecule has 1 aliphatic rings. The number of aliphatic hydroxyl groups excluding tert-OH is 1. The Balaban J connectivity index is 2.64. The molecule has 0 saturated carbocycles. The summed E-state index contributed by atoms with van der Waals surface area (Å²) >= 11 is 0. The highest BCUT2D eigenvalue weighted by molar-refractivity contribution is 5.01. The zero-order valence-corrected chi connectivity index (χ0v) is 7.92. The van der Waals surface area contributed by atoms with Crippen LogP contribution in [-0.2, 0) is 4.74 Å². The zero-order chi connectivity index (χ0) is 9.14. The van der Waals surface area contributed by atoms with Crippen LogP contribution in [0, 0.1) is 17.8 Å². The Bertz CT molecular complexity index is 165. The Kier molecular flexibility index (Phi) is 3.29. The average Bonchev–Trinajstić information content (AvgIpc) is 2.03. The summed E-state index contributed by atoms with van der Waals surface area (Å²) in [4.78, 5) is 0. The molecule has 12 heavy (non-hydrogen) atoms. The molecular weight excluding hydrogens is 152 g/mol.